The van der Waals surface area contributed by atoms with E-state index in [-0.39, 0.29) is 35.7 Å². The Labute approximate surface area is 209 Å². The molecule has 5 aliphatic rings. The van der Waals surface area contributed by atoms with Crippen molar-refractivity contribution in [3.63, 3.8) is 0 Å². The largest absolute Gasteiger partial charge is 0.376 e. The smallest absolute Gasteiger partial charge is 0.251 e. The number of benzene rings is 3. The van der Waals surface area contributed by atoms with Gasteiger partial charge in [-0.25, -0.2) is 4.90 Å². The van der Waals surface area contributed by atoms with Crippen LogP contribution in [0.15, 0.2) is 72.8 Å². The molecule has 3 amide bonds. The Kier molecular flexibility index (Phi) is 4.86. The van der Waals surface area contributed by atoms with Gasteiger partial charge in [0.2, 0.25) is 11.8 Å². The predicted molar refractivity (Wildman–Crippen MR) is 134 cm³/mol. The molecule has 6 nitrogen and oxygen atoms in total. The van der Waals surface area contributed by atoms with Crippen LogP contribution in [0.2, 0.25) is 0 Å². The maximum absolute atomic E-state index is 13.9. The van der Waals surface area contributed by atoms with Crippen molar-refractivity contribution in [2.75, 3.05) is 18.1 Å². The second kappa shape index (κ2) is 8.14. The van der Waals surface area contributed by atoms with E-state index in [4.69, 9.17) is 4.74 Å². The highest BCUT2D eigenvalue weighted by molar-refractivity contribution is 6.23. The van der Waals surface area contributed by atoms with E-state index < -0.39 is 11.8 Å². The van der Waals surface area contributed by atoms with Crippen LogP contribution in [0.5, 0.6) is 0 Å². The van der Waals surface area contributed by atoms with Crippen LogP contribution in [0.4, 0.5) is 5.69 Å². The van der Waals surface area contributed by atoms with Gasteiger partial charge in [0.1, 0.15) is 0 Å². The summed E-state index contributed by atoms with van der Waals surface area (Å²) in [7, 11) is 0. The number of carbonyl (C=O) groups is 3. The fraction of sp³-hybridized carbons (Fsp3) is 0.300. The molecule has 2 saturated heterocycles. The summed E-state index contributed by atoms with van der Waals surface area (Å²) in [5.74, 6) is -1.77. The molecule has 3 atom stereocenters. The zero-order valence-corrected chi connectivity index (χ0v) is 19.7. The Hall–Kier alpha value is -3.77. The summed E-state index contributed by atoms with van der Waals surface area (Å²) in [6, 6.07) is 23.3. The van der Waals surface area contributed by atoms with Crippen molar-refractivity contribution in [1.29, 1.82) is 0 Å². The first-order valence-corrected chi connectivity index (χ1v) is 12.7. The summed E-state index contributed by atoms with van der Waals surface area (Å²) in [4.78, 5) is 42.0. The fourth-order valence-electron chi connectivity index (χ4n) is 6.83. The summed E-state index contributed by atoms with van der Waals surface area (Å²) >= 11 is 0. The summed E-state index contributed by atoms with van der Waals surface area (Å²) < 4.78 is 5.59. The fourth-order valence-corrected chi connectivity index (χ4v) is 6.83. The highest BCUT2D eigenvalue weighted by Crippen LogP contribution is 2.61. The Bertz CT molecular complexity index is 1290. The third-order valence-corrected chi connectivity index (χ3v) is 8.33. The van der Waals surface area contributed by atoms with Gasteiger partial charge in [0.05, 0.1) is 23.6 Å². The van der Waals surface area contributed by atoms with Crippen LogP contribution >= 0.6 is 0 Å². The SMILES string of the molecule is O=C(NC[C@H]1CCCO1)c1cccc(N2C(=O)[C@@H]3C4c5ccccc5C(c5ccccc54)[C@@H]3C2=O)c1. The van der Waals surface area contributed by atoms with Crippen molar-refractivity contribution in [1.82, 2.24) is 5.32 Å². The number of hydrogen-bond donors (Lipinski definition) is 1. The lowest BCUT2D eigenvalue weighted by atomic mass is 9.55. The number of hydrogen-bond acceptors (Lipinski definition) is 4. The molecule has 0 radical (unpaired) electrons. The molecule has 0 saturated carbocycles. The number of carbonyl (C=O) groups excluding carboxylic acids is 3. The summed E-state index contributed by atoms with van der Waals surface area (Å²) in [5, 5.41) is 2.93. The van der Waals surface area contributed by atoms with E-state index in [2.05, 4.69) is 29.6 Å². The molecular formula is C30H26N2O4. The van der Waals surface area contributed by atoms with E-state index in [9.17, 15) is 14.4 Å². The average molecular weight is 479 g/mol. The molecule has 36 heavy (non-hydrogen) atoms. The average Bonchev–Trinajstić information content (AvgIpc) is 3.54. The maximum Gasteiger partial charge on any atom is 0.251 e. The number of nitrogens with zero attached hydrogens (tertiary/aromatic N) is 1. The lowest BCUT2D eigenvalue weighted by Crippen LogP contribution is -2.41. The van der Waals surface area contributed by atoms with Crippen molar-refractivity contribution < 1.29 is 19.1 Å². The minimum atomic E-state index is -0.440. The molecule has 180 valence electrons. The molecule has 3 aliphatic carbocycles. The van der Waals surface area contributed by atoms with Gasteiger partial charge < -0.3 is 10.1 Å². The zero-order chi connectivity index (χ0) is 24.4. The molecule has 6 heteroatoms. The van der Waals surface area contributed by atoms with Gasteiger partial charge >= 0.3 is 0 Å². The van der Waals surface area contributed by atoms with Crippen molar-refractivity contribution in [3.8, 4) is 0 Å². The summed E-state index contributed by atoms with van der Waals surface area (Å²) in [6.07, 6.45) is 1.99. The minimum absolute atomic E-state index is 0.0423. The van der Waals surface area contributed by atoms with E-state index in [0.717, 1.165) is 41.7 Å². The van der Waals surface area contributed by atoms with Gasteiger partial charge in [0.15, 0.2) is 0 Å². The highest BCUT2D eigenvalue weighted by Gasteiger charge is 2.61. The van der Waals surface area contributed by atoms with Gasteiger partial charge in [-0.15, -0.1) is 0 Å². The predicted octanol–water partition coefficient (Wildman–Crippen LogP) is 3.99. The van der Waals surface area contributed by atoms with Crippen molar-refractivity contribution >= 4 is 23.4 Å². The number of imide groups is 1. The number of anilines is 1. The van der Waals surface area contributed by atoms with Gasteiger partial charge in [-0.1, -0.05) is 54.6 Å². The highest BCUT2D eigenvalue weighted by atomic mass is 16.5. The van der Waals surface area contributed by atoms with Crippen molar-refractivity contribution in [3.05, 3.63) is 101 Å². The standard InChI is InChI=1S/C30H26N2O4/c33-28(31-16-19-9-6-14-36-19)17-7-5-8-18(15-17)32-29(34)26-24-20-10-1-2-11-21(20)25(27(26)30(32)35)23-13-4-3-12-22(23)24/h1-5,7-8,10-13,15,19,24-27H,6,9,14,16H2,(H,31,33)/t19-,24?,25?,26-,27+/m1/s1. The molecule has 2 aliphatic heterocycles. The zero-order valence-electron chi connectivity index (χ0n) is 19.7. The van der Waals surface area contributed by atoms with Gasteiger partial charge in [-0.2, -0.15) is 0 Å². The van der Waals surface area contributed by atoms with Gasteiger partial charge in [0.25, 0.3) is 5.91 Å². The van der Waals surface area contributed by atoms with Gasteiger partial charge in [-0.05, 0) is 53.3 Å². The summed E-state index contributed by atoms with van der Waals surface area (Å²) in [5.41, 5.74) is 5.47. The Balaban J connectivity index is 1.23. The van der Waals surface area contributed by atoms with E-state index in [1.54, 1.807) is 24.3 Å². The molecule has 2 fully saturated rings. The second-order valence-corrected chi connectivity index (χ2v) is 10.2. The maximum atomic E-state index is 13.9. The quantitative estimate of drug-likeness (QED) is 0.576. The third kappa shape index (κ3) is 3.04. The minimum Gasteiger partial charge on any atom is -0.376 e. The molecular weight excluding hydrogens is 452 g/mol. The normalized spacial score (nSPS) is 27.6. The lowest BCUT2D eigenvalue weighted by Gasteiger charge is -2.45. The van der Waals surface area contributed by atoms with Crippen LogP contribution < -0.4 is 10.2 Å². The first-order valence-electron chi connectivity index (χ1n) is 12.7. The molecule has 2 heterocycles. The molecule has 8 rings (SSSR count). The monoisotopic (exact) mass is 478 g/mol. The number of amides is 3. The molecule has 3 aromatic rings. The second-order valence-electron chi connectivity index (χ2n) is 10.2. The molecule has 0 spiro atoms. The van der Waals surface area contributed by atoms with Gasteiger partial charge in [-0.3, -0.25) is 14.4 Å². The van der Waals surface area contributed by atoms with E-state index in [1.165, 1.54) is 4.90 Å². The molecule has 0 unspecified atom stereocenters. The first-order chi connectivity index (χ1) is 17.6. The van der Waals surface area contributed by atoms with Crippen LogP contribution in [-0.2, 0) is 14.3 Å². The Morgan fingerprint density at radius 1 is 0.833 bits per heavy atom. The third-order valence-electron chi connectivity index (χ3n) is 8.33. The summed E-state index contributed by atoms with van der Waals surface area (Å²) in [6.45, 7) is 1.18. The van der Waals surface area contributed by atoms with Gasteiger partial charge in [0, 0.05) is 30.6 Å². The molecule has 0 aromatic heterocycles. The lowest BCUT2D eigenvalue weighted by molar-refractivity contribution is -0.122. The van der Waals surface area contributed by atoms with E-state index in [0.29, 0.717) is 17.8 Å². The van der Waals surface area contributed by atoms with E-state index in [1.807, 2.05) is 24.3 Å². The molecule has 2 bridgehead atoms. The van der Waals surface area contributed by atoms with Crippen molar-refractivity contribution in [2.24, 2.45) is 11.8 Å². The Morgan fingerprint density at radius 2 is 1.42 bits per heavy atom. The van der Waals surface area contributed by atoms with Crippen LogP contribution in [-0.4, -0.2) is 37.0 Å². The molecule has 1 N–H and O–H groups in total. The number of ether oxygens (including phenoxy) is 1. The van der Waals surface area contributed by atoms with Crippen LogP contribution in [0.25, 0.3) is 0 Å². The van der Waals surface area contributed by atoms with E-state index >= 15 is 0 Å². The topological polar surface area (TPSA) is 75.7 Å². The van der Waals surface area contributed by atoms with Crippen molar-refractivity contribution in [2.45, 2.75) is 30.8 Å². The molecule has 3 aromatic carbocycles. The van der Waals surface area contributed by atoms with Crippen LogP contribution in [0, 0.1) is 11.8 Å². The van der Waals surface area contributed by atoms with Crippen LogP contribution in [0.3, 0.4) is 0 Å². The van der Waals surface area contributed by atoms with Crippen LogP contribution in [0.1, 0.15) is 57.3 Å². The number of nitrogens with one attached hydrogen (secondary N) is 1. The Morgan fingerprint density at radius 3 is 1.94 bits per heavy atom. The first kappa shape index (κ1) is 21.5. The number of rotatable bonds is 4.